The molecule has 3 rings (SSSR count). The number of hydrogen-bond donors (Lipinski definition) is 0. The summed E-state index contributed by atoms with van der Waals surface area (Å²) in [5.74, 6) is -0.543. The van der Waals surface area contributed by atoms with Crippen LogP contribution < -0.4 is 14.5 Å². The molecule has 0 aliphatic rings. The van der Waals surface area contributed by atoms with Gasteiger partial charge in [-0.1, -0.05) is 12.1 Å². The lowest BCUT2D eigenvalue weighted by molar-refractivity contribution is -0.143. The average molecular weight is 496 g/mol. The lowest BCUT2D eigenvalue weighted by atomic mass is 10.0. The van der Waals surface area contributed by atoms with Crippen molar-refractivity contribution in [3.8, 4) is 5.75 Å². The number of nitrogens with zero attached hydrogens (tertiary/aromatic N) is 2. The van der Waals surface area contributed by atoms with Crippen LogP contribution in [-0.4, -0.2) is 27.1 Å². The number of methoxy groups -OCH3 is 1. The maximum atomic E-state index is 13.4. The van der Waals surface area contributed by atoms with Gasteiger partial charge >= 0.3 is 12.4 Å². The Hall–Kier alpha value is -3.69. The van der Waals surface area contributed by atoms with Crippen molar-refractivity contribution in [1.29, 1.82) is 0 Å². The molecule has 0 heterocycles. The average Bonchev–Trinajstić information content (AvgIpc) is 2.81. The Balaban J connectivity index is 2.09. The van der Waals surface area contributed by atoms with Gasteiger partial charge in [0.1, 0.15) is 5.75 Å². The second-order valence-corrected chi connectivity index (χ2v) is 7.94. The molecule has 0 aromatic heterocycles. The molecule has 1 amide bonds. The molecule has 3 aromatic rings. The monoisotopic (exact) mass is 496 g/mol. The molecule has 186 valence electrons. The third-order valence-electron chi connectivity index (χ3n) is 5.26. The zero-order valence-corrected chi connectivity index (χ0v) is 19.0. The Labute approximate surface area is 198 Å². The maximum absolute atomic E-state index is 13.4. The lowest BCUT2D eigenvalue weighted by Gasteiger charge is -2.25. The Kier molecular flexibility index (Phi) is 7.33. The van der Waals surface area contributed by atoms with Gasteiger partial charge in [-0.15, -0.1) is 0 Å². The summed E-state index contributed by atoms with van der Waals surface area (Å²) in [4.78, 5) is 16.4. The van der Waals surface area contributed by atoms with Gasteiger partial charge in [-0.2, -0.15) is 26.3 Å². The van der Waals surface area contributed by atoms with Crippen molar-refractivity contribution < 1.29 is 35.9 Å². The molecule has 0 N–H and O–H groups in total. The summed E-state index contributed by atoms with van der Waals surface area (Å²) >= 11 is 0. The van der Waals surface area contributed by atoms with E-state index in [1.165, 1.54) is 31.4 Å². The van der Waals surface area contributed by atoms with Crippen LogP contribution in [0.15, 0.2) is 66.7 Å². The van der Waals surface area contributed by atoms with Crippen LogP contribution in [0.2, 0.25) is 0 Å². The van der Waals surface area contributed by atoms with E-state index >= 15 is 0 Å². The van der Waals surface area contributed by atoms with Gasteiger partial charge in [-0.3, -0.25) is 4.79 Å². The van der Waals surface area contributed by atoms with Gasteiger partial charge in [0.15, 0.2) is 0 Å². The summed E-state index contributed by atoms with van der Waals surface area (Å²) in [7, 11) is 5.12. The van der Waals surface area contributed by atoms with Crippen molar-refractivity contribution in [2.45, 2.75) is 18.9 Å². The molecule has 0 saturated carbocycles. The maximum Gasteiger partial charge on any atom is 0.416 e. The first kappa shape index (κ1) is 25.9. The third-order valence-corrected chi connectivity index (χ3v) is 5.26. The largest absolute Gasteiger partial charge is 0.497 e. The van der Waals surface area contributed by atoms with Crippen LogP contribution in [0.1, 0.15) is 27.0 Å². The van der Waals surface area contributed by atoms with Crippen LogP contribution in [0.3, 0.4) is 0 Å². The summed E-state index contributed by atoms with van der Waals surface area (Å²) in [6.45, 7) is -0.0868. The van der Waals surface area contributed by atoms with E-state index in [1.807, 2.05) is 19.0 Å². The quantitative estimate of drug-likeness (QED) is 0.359. The van der Waals surface area contributed by atoms with Crippen molar-refractivity contribution in [3.63, 3.8) is 0 Å². The summed E-state index contributed by atoms with van der Waals surface area (Å²) in [6.07, 6.45) is -10.1. The Morgan fingerprint density at radius 2 is 1.26 bits per heavy atom. The number of carbonyl (C=O) groups excluding carboxylic acids is 1. The van der Waals surface area contributed by atoms with E-state index in [9.17, 15) is 31.1 Å². The second kappa shape index (κ2) is 9.89. The minimum atomic E-state index is -5.07. The number of halogens is 6. The van der Waals surface area contributed by atoms with Crippen molar-refractivity contribution >= 4 is 17.3 Å². The van der Waals surface area contributed by atoms with Gasteiger partial charge in [0.05, 0.1) is 24.8 Å². The molecular weight excluding hydrogens is 474 g/mol. The topological polar surface area (TPSA) is 32.8 Å². The third kappa shape index (κ3) is 6.26. The number of hydrogen-bond acceptors (Lipinski definition) is 3. The zero-order valence-electron chi connectivity index (χ0n) is 19.0. The molecule has 0 radical (unpaired) electrons. The number of anilines is 2. The van der Waals surface area contributed by atoms with E-state index in [4.69, 9.17) is 4.74 Å². The number of rotatable bonds is 6. The van der Waals surface area contributed by atoms with E-state index in [0.29, 0.717) is 23.4 Å². The molecule has 0 atom stereocenters. The van der Waals surface area contributed by atoms with Crippen LogP contribution in [0.25, 0.3) is 0 Å². The highest BCUT2D eigenvalue weighted by atomic mass is 19.4. The van der Waals surface area contributed by atoms with Crippen LogP contribution in [0.4, 0.5) is 37.7 Å². The first-order valence-electron chi connectivity index (χ1n) is 10.3. The second-order valence-electron chi connectivity index (χ2n) is 7.94. The van der Waals surface area contributed by atoms with Gasteiger partial charge in [-0.05, 0) is 60.2 Å². The number of benzene rings is 3. The lowest BCUT2D eigenvalue weighted by Crippen LogP contribution is -2.31. The van der Waals surface area contributed by atoms with Crippen molar-refractivity contribution in [1.82, 2.24) is 0 Å². The van der Waals surface area contributed by atoms with E-state index in [0.717, 1.165) is 10.6 Å². The molecule has 0 aliphatic heterocycles. The SMILES string of the molecule is COc1ccc(N(Cc2ccc(N(C)C)cc2)C(=O)c2cc(C(F)(F)F)cc(C(F)(F)F)c2)cc1. The fraction of sp³-hybridized carbons (Fsp3) is 0.240. The van der Waals surface area contributed by atoms with E-state index in [1.54, 1.807) is 24.3 Å². The normalized spacial score (nSPS) is 11.8. The first-order chi connectivity index (χ1) is 16.3. The van der Waals surface area contributed by atoms with E-state index in [-0.39, 0.29) is 18.3 Å². The molecule has 0 fully saturated rings. The van der Waals surface area contributed by atoms with Gasteiger partial charge in [0.25, 0.3) is 5.91 Å². The molecule has 0 spiro atoms. The smallest absolute Gasteiger partial charge is 0.416 e. The summed E-state index contributed by atoms with van der Waals surface area (Å²) < 4.78 is 85.2. The fourth-order valence-corrected chi connectivity index (χ4v) is 3.36. The highest BCUT2D eigenvalue weighted by Crippen LogP contribution is 2.37. The minimum absolute atomic E-state index is 0.00548. The summed E-state index contributed by atoms with van der Waals surface area (Å²) in [5.41, 5.74) is -2.06. The van der Waals surface area contributed by atoms with Gasteiger partial charge in [0, 0.05) is 31.0 Å². The summed E-state index contributed by atoms with van der Waals surface area (Å²) in [5, 5.41) is 0. The summed E-state index contributed by atoms with van der Waals surface area (Å²) in [6, 6.07) is 14.0. The van der Waals surface area contributed by atoms with Gasteiger partial charge < -0.3 is 14.5 Å². The van der Waals surface area contributed by atoms with E-state index < -0.39 is 35.0 Å². The predicted octanol–water partition coefficient (Wildman–Crippen LogP) is 6.65. The van der Waals surface area contributed by atoms with Crippen LogP contribution >= 0.6 is 0 Å². The van der Waals surface area contributed by atoms with Crippen molar-refractivity contribution in [2.24, 2.45) is 0 Å². The van der Waals surface area contributed by atoms with Crippen LogP contribution in [0, 0.1) is 0 Å². The van der Waals surface area contributed by atoms with Gasteiger partial charge in [0.2, 0.25) is 0 Å². The first-order valence-corrected chi connectivity index (χ1v) is 10.3. The number of amides is 1. The minimum Gasteiger partial charge on any atom is -0.497 e. The van der Waals surface area contributed by atoms with Crippen LogP contribution in [-0.2, 0) is 18.9 Å². The predicted molar refractivity (Wildman–Crippen MR) is 121 cm³/mol. The Morgan fingerprint density at radius 1 is 0.771 bits per heavy atom. The Morgan fingerprint density at radius 3 is 1.69 bits per heavy atom. The van der Waals surface area contributed by atoms with Crippen LogP contribution in [0.5, 0.6) is 5.75 Å². The highest BCUT2D eigenvalue weighted by molar-refractivity contribution is 6.06. The fourth-order valence-electron chi connectivity index (χ4n) is 3.36. The molecule has 35 heavy (non-hydrogen) atoms. The number of alkyl halides is 6. The van der Waals surface area contributed by atoms with Gasteiger partial charge in [-0.25, -0.2) is 0 Å². The molecule has 0 unspecified atom stereocenters. The van der Waals surface area contributed by atoms with E-state index in [2.05, 4.69) is 0 Å². The molecule has 4 nitrogen and oxygen atoms in total. The molecule has 0 saturated heterocycles. The number of carbonyl (C=O) groups is 1. The molecule has 3 aromatic carbocycles. The molecule has 0 aliphatic carbocycles. The standard InChI is InChI=1S/C25H22F6N2O2/c1-32(2)20-6-4-16(5-7-20)15-33(21-8-10-22(35-3)11-9-21)23(34)17-12-18(24(26,27)28)14-19(13-17)25(29,30)31/h4-14H,15H2,1-3H3. The Bertz CT molecular complexity index is 1140. The molecule has 10 heteroatoms. The van der Waals surface area contributed by atoms with Crippen molar-refractivity contribution in [3.05, 3.63) is 89.0 Å². The van der Waals surface area contributed by atoms with Crippen molar-refractivity contribution in [2.75, 3.05) is 31.0 Å². The molecular formula is C25H22F6N2O2. The number of ether oxygens (including phenoxy) is 1. The highest BCUT2D eigenvalue weighted by Gasteiger charge is 2.38. The zero-order chi connectivity index (χ0) is 26.0. The molecule has 0 bridgehead atoms.